The van der Waals surface area contributed by atoms with Crippen LogP contribution in [0.3, 0.4) is 0 Å². The maximum Gasteiger partial charge on any atom is 0.333 e. The van der Waals surface area contributed by atoms with Gasteiger partial charge in [-0.15, -0.1) is 0 Å². The highest BCUT2D eigenvalue weighted by Crippen LogP contribution is 2.38. The van der Waals surface area contributed by atoms with Crippen LogP contribution in [0.15, 0.2) is 75.2 Å². The van der Waals surface area contributed by atoms with E-state index in [0.29, 0.717) is 18.4 Å². The molecule has 1 aliphatic heterocycles. The van der Waals surface area contributed by atoms with Gasteiger partial charge >= 0.3 is 5.69 Å². The largest absolute Gasteiger partial charge is 0.494 e. The maximum atomic E-state index is 13.7. The van der Waals surface area contributed by atoms with Gasteiger partial charge in [0.25, 0.3) is 5.56 Å². The summed E-state index contributed by atoms with van der Waals surface area (Å²) in [4.78, 5) is 31.2. The Morgan fingerprint density at radius 3 is 2.12 bits per heavy atom. The molecule has 5 rings (SSSR count). The molecule has 2 aromatic carbocycles. The molecule has 1 aliphatic carbocycles. The molecular formula is C38H52N4O9. The number of hydrogen-bond acceptors (Lipinski definition) is 11. The van der Waals surface area contributed by atoms with E-state index in [1.807, 2.05) is 60.7 Å². The molecule has 1 saturated heterocycles. The maximum absolute atomic E-state index is 13.7. The molecule has 1 aromatic heterocycles. The number of aromatic hydroxyl groups is 1. The molecule has 278 valence electrons. The van der Waals surface area contributed by atoms with Crippen LogP contribution in [-0.2, 0) is 41.5 Å². The number of hydrogen-bond donors (Lipinski definition) is 5. The van der Waals surface area contributed by atoms with Crippen molar-refractivity contribution in [2.24, 2.45) is 36.8 Å². The van der Waals surface area contributed by atoms with Crippen molar-refractivity contribution in [3.63, 3.8) is 0 Å². The molecule has 2 aliphatic rings. The molecule has 5 N–H and O–H groups in total. The minimum atomic E-state index is -1.58. The minimum Gasteiger partial charge on any atom is -0.494 e. The predicted octanol–water partition coefficient (Wildman–Crippen LogP) is 1.85. The van der Waals surface area contributed by atoms with E-state index < -0.39 is 54.4 Å². The zero-order chi connectivity index (χ0) is 36.8. The first-order valence-electron chi connectivity index (χ1n) is 17.7. The van der Waals surface area contributed by atoms with Crippen LogP contribution in [0.25, 0.3) is 0 Å². The third kappa shape index (κ3) is 8.52. The van der Waals surface area contributed by atoms with Crippen molar-refractivity contribution in [1.82, 2.24) is 14.5 Å². The average molecular weight is 709 g/mol. The Morgan fingerprint density at radius 1 is 0.922 bits per heavy atom. The first kappa shape index (κ1) is 38.5. The summed E-state index contributed by atoms with van der Waals surface area (Å²) in [5, 5.41) is 47.1. The second-order valence-corrected chi connectivity index (χ2v) is 13.8. The van der Waals surface area contributed by atoms with Gasteiger partial charge in [0.1, 0.15) is 29.9 Å². The summed E-state index contributed by atoms with van der Waals surface area (Å²) in [5.74, 6) is 0.321. The lowest BCUT2D eigenvalue weighted by atomic mass is 9.68. The number of nitrogens with one attached hydrogen (secondary N) is 1. The fraction of sp³-hybridized carbons (Fsp3) is 0.553. The van der Waals surface area contributed by atoms with Gasteiger partial charge in [-0.25, -0.2) is 4.79 Å². The second kappa shape index (κ2) is 17.2. The highest BCUT2D eigenvalue weighted by molar-refractivity contribution is 6.03. The molecule has 1 saturated carbocycles. The van der Waals surface area contributed by atoms with Crippen molar-refractivity contribution in [3.05, 3.63) is 98.2 Å². The van der Waals surface area contributed by atoms with E-state index in [1.165, 1.54) is 14.1 Å². The lowest BCUT2D eigenvalue weighted by Gasteiger charge is -2.45. The number of ether oxygens (including phenoxy) is 3. The molecule has 3 aromatic rings. The number of benzene rings is 2. The zero-order valence-electron chi connectivity index (χ0n) is 30.0. The van der Waals surface area contributed by atoms with E-state index in [9.17, 15) is 30.0 Å². The van der Waals surface area contributed by atoms with Gasteiger partial charge in [0.15, 0.2) is 6.29 Å². The molecule has 0 amide bonds. The lowest BCUT2D eigenvalue weighted by Crippen LogP contribution is -2.59. The molecule has 10 atom stereocenters. The highest BCUT2D eigenvalue weighted by atomic mass is 16.7. The van der Waals surface area contributed by atoms with Crippen molar-refractivity contribution in [2.75, 3.05) is 13.2 Å². The highest BCUT2D eigenvalue weighted by Gasteiger charge is 2.46. The van der Waals surface area contributed by atoms with Crippen LogP contribution in [0.5, 0.6) is 5.88 Å². The van der Waals surface area contributed by atoms with Gasteiger partial charge in [-0.05, 0) is 35.3 Å². The Bertz CT molecular complexity index is 1730. The molecule has 0 spiro atoms. The number of rotatable bonds is 13. The quantitative estimate of drug-likeness (QED) is 0.165. The van der Waals surface area contributed by atoms with Crippen LogP contribution in [0.4, 0.5) is 0 Å². The predicted molar refractivity (Wildman–Crippen MR) is 191 cm³/mol. The summed E-state index contributed by atoms with van der Waals surface area (Å²) >= 11 is 0. The summed E-state index contributed by atoms with van der Waals surface area (Å²) in [6.07, 6.45) is -3.92. The van der Waals surface area contributed by atoms with Crippen LogP contribution in [0, 0.1) is 17.8 Å². The summed E-state index contributed by atoms with van der Waals surface area (Å²) in [7, 11) is 2.65. The van der Waals surface area contributed by atoms with Crippen LogP contribution in [0.1, 0.15) is 50.3 Å². The van der Waals surface area contributed by atoms with E-state index in [-0.39, 0.29) is 42.5 Å². The van der Waals surface area contributed by atoms with E-state index in [4.69, 9.17) is 19.2 Å². The minimum absolute atomic E-state index is 0.0265. The Morgan fingerprint density at radius 2 is 1.53 bits per heavy atom. The summed E-state index contributed by atoms with van der Waals surface area (Å²) in [6.45, 7) is 6.41. The van der Waals surface area contributed by atoms with Gasteiger partial charge in [0.05, 0.1) is 31.6 Å². The van der Waals surface area contributed by atoms with Crippen molar-refractivity contribution in [3.8, 4) is 5.88 Å². The SMILES string of the molecule is CCC1C[C@H](OCc2ccccc2)C(NCC(=NC2[C@@H](OCc3ccccc3)OC(CO)[C@@H](O)[C@@H]2O)c2c(O)n(C)c(=O)n(C)c2=O)[C@@H](C)[C@@H]1C. The molecule has 2 heterocycles. The smallest absolute Gasteiger partial charge is 0.333 e. The van der Waals surface area contributed by atoms with Crippen LogP contribution >= 0.6 is 0 Å². The molecule has 0 bridgehead atoms. The Kier molecular flexibility index (Phi) is 13.0. The van der Waals surface area contributed by atoms with Gasteiger partial charge in [-0.1, -0.05) is 87.9 Å². The zero-order valence-corrected chi connectivity index (χ0v) is 30.0. The van der Waals surface area contributed by atoms with Gasteiger partial charge in [0, 0.05) is 26.7 Å². The van der Waals surface area contributed by atoms with Gasteiger partial charge < -0.3 is 40.0 Å². The molecule has 13 heteroatoms. The number of nitrogens with zero attached hydrogens (tertiary/aromatic N) is 3. The van der Waals surface area contributed by atoms with Crippen LogP contribution in [-0.4, -0.2) is 91.2 Å². The number of aromatic nitrogens is 2. The van der Waals surface area contributed by atoms with Crippen molar-refractivity contribution < 1.29 is 34.6 Å². The van der Waals surface area contributed by atoms with Crippen LogP contribution < -0.4 is 16.6 Å². The van der Waals surface area contributed by atoms with Gasteiger partial charge in [-0.2, -0.15) is 0 Å². The summed E-state index contributed by atoms with van der Waals surface area (Å²) < 4.78 is 20.4. The van der Waals surface area contributed by atoms with Gasteiger partial charge in [0.2, 0.25) is 5.88 Å². The van der Waals surface area contributed by atoms with E-state index in [2.05, 4.69) is 26.1 Å². The Hall–Kier alpha value is -3.69. The first-order chi connectivity index (χ1) is 24.5. The van der Waals surface area contributed by atoms with Crippen LogP contribution in [0.2, 0.25) is 0 Å². The van der Waals surface area contributed by atoms with E-state index in [0.717, 1.165) is 33.1 Å². The normalized spacial score (nSPS) is 30.0. The summed E-state index contributed by atoms with van der Waals surface area (Å²) in [6, 6.07) is 17.7. The van der Waals surface area contributed by atoms with E-state index in [1.54, 1.807) is 0 Å². The van der Waals surface area contributed by atoms with E-state index >= 15 is 0 Å². The molecule has 51 heavy (non-hydrogen) atoms. The molecule has 4 unspecified atom stereocenters. The topological polar surface area (TPSA) is 177 Å². The second-order valence-electron chi connectivity index (χ2n) is 13.8. The summed E-state index contributed by atoms with van der Waals surface area (Å²) in [5.41, 5.74) is 0.122. The number of aliphatic hydroxyl groups is 3. The molecule has 13 nitrogen and oxygen atoms in total. The fourth-order valence-electron chi connectivity index (χ4n) is 7.33. The van der Waals surface area contributed by atoms with Crippen molar-refractivity contribution in [1.29, 1.82) is 0 Å². The Labute approximate surface area is 298 Å². The molecule has 2 fully saturated rings. The average Bonchev–Trinajstić information content (AvgIpc) is 3.15. The third-order valence-electron chi connectivity index (χ3n) is 10.7. The van der Waals surface area contributed by atoms with Crippen molar-refractivity contribution in [2.45, 2.75) is 89.6 Å². The van der Waals surface area contributed by atoms with Crippen molar-refractivity contribution >= 4 is 5.71 Å². The first-order valence-corrected chi connectivity index (χ1v) is 17.7. The lowest BCUT2D eigenvalue weighted by molar-refractivity contribution is -0.268. The standard InChI is InChI=1S/C38H52N4O9/c1-6-26-17-28(49-20-24-13-9-7-10-14-24)31(23(3)22(26)2)39-18-27(30-35(46)41(4)38(48)42(5)36(30)47)40-32-34(45)33(44)29(19-43)51-37(32)50-21-25-15-11-8-12-16-25/h7-16,22-23,26,28-29,31-34,37,39,43-46H,6,17-21H2,1-5H3/t22-,23-,26?,28-,29?,31?,32?,33+,34+,37-/m0/s1. The fourth-order valence-corrected chi connectivity index (χ4v) is 7.33. The Balaban J connectivity index is 1.54. The third-order valence-corrected chi connectivity index (χ3v) is 10.7. The molecular weight excluding hydrogens is 656 g/mol. The number of aliphatic imine (C=N–C) groups is 1. The van der Waals surface area contributed by atoms with Gasteiger partial charge in [-0.3, -0.25) is 18.9 Å². The monoisotopic (exact) mass is 708 g/mol. The molecule has 0 radical (unpaired) electrons. The number of aliphatic hydroxyl groups excluding tert-OH is 3.